The van der Waals surface area contributed by atoms with Crippen LogP contribution in [0.15, 0.2) is 35.6 Å². The first-order valence-corrected chi connectivity index (χ1v) is 8.82. The van der Waals surface area contributed by atoms with Crippen molar-refractivity contribution in [3.63, 3.8) is 0 Å². The number of benzene rings is 1. The number of nitrogens with one attached hydrogen (secondary N) is 1. The Morgan fingerprint density at radius 2 is 2.12 bits per heavy atom. The monoisotopic (exact) mass is 344 g/mol. The van der Waals surface area contributed by atoms with E-state index in [2.05, 4.69) is 21.2 Å². The number of rotatable bonds is 6. The first-order valence-electron chi connectivity index (χ1n) is 7.94. The zero-order valence-electron chi connectivity index (χ0n) is 13.9. The maximum Gasteiger partial charge on any atom is 0.319 e. The Morgan fingerprint density at radius 1 is 1.33 bits per heavy atom. The summed E-state index contributed by atoms with van der Waals surface area (Å²) >= 11 is 1.39. The Kier molecular flexibility index (Phi) is 4.89. The minimum absolute atomic E-state index is 0.207. The quantitative estimate of drug-likeness (QED) is 0.548. The standard InChI is InChI=1S/C17H20N4O2S/c1-4-14(16(22)23-5-2)24-17-20-19-15(21(17)3)12-10-18-13-9-7-6-8-11(12)13/h6-10,14,18H,4-5H2,1-3H3/t14-/m1/s1. The highest BCUT2D eigenvalue weighted by atomic mass is 32.2. The van der Waals surface area contributed by atoms with Gasteiger partial charge >= 0.3 is 5.97 Å². The Bertz CT molecular complexity index is 855. The van der Waals surface area contributed by atoms with E-state index >= 15 is 0 Å². The van der Waals surface area contributed by atoms with Crippen LogP contribution in [0, 0.1) is 0 Å². The van der Waals surface area contributed by atoms with E-state index in [1.54, 1.807) is 0 Å². The van der Waals surface area contributed by atoms with Crippen LogP contribution >= 0.6 is 11.8 Å². The van der Waals surface area contributed by atoms with Crippen molar-refractivity contribution >= 4 is 28.6 Å². The molecule has 0 radical (unpaired) electrons. The van der Waals surface area contributed by atoms with E-state index in [1.807, 2.05) is 49.9 Å². The van der Waals surface area contributed by atoms with Gasteiger partial charge in [-0.3, -0.25) is 4.79 Å². The van der Waals surface area contributed by atoms with Crippen molar-refractivity contribution in [2.75, 3.05) is 6.61 Å². The van der Waals surface area contributed by atoms with E-state index in [0.717, 1.165) is 22.3 Å². The number of carbonyl (C=O) groups is 1. The lowest BCUT2D eigenvalue weighted by Crippen LogP contribution is -2.20. The van der Waals surface area contributed by atoms with Gasteiger partial charge in [0.25, 0.3) is 0 Å². The fourth-order valence-electron chi connectivity index (χ4n) is 2.57. The summed E-state index contributed by atoms with van der Waals surface area (Å²) in [6.07, 6.45) is 2.62. The van der Waals surface area contributed by atoms with Crippen molar-refractivity contribution < 1.29 is 9.53 Å². The van der Waals surface area contributed by atoms with Gasteiger partial charge in [-0.15, -0.1) is 10.2 Å². The van der Waals surface area contributed by atoms with E-state index in [1.165, 1.54) is 11.8 Å². The molecule has 0 saturated heterocycles. The van der Waals surface area contributed by atoms with Crippen LogP contribution in [0.2, 0.25) is 0 Å². The number of aromatic amines is 1. The second-order valence-corrected chi connectivity index (χ2v) is 6.55. The van der Waals surface area contributed by atoms with Gasteiger partial charge in [0.2, 0.25) is 0 Å². The lowest BCUT2D eigenvalue weighted by molar-refractivity contribution is -0.142. The van der Waals surface area contributed by atoms with Crippen LogP contribution in [0.3, 0.4) is 0 Å². The number of hydrogen-bond acceptors (Lipinski definition) is 5. The molecular weight excluding hydrogens is 324 g/mol. The summed E-state index contributed by atoms with van der Waals surface area (Å²) in [7, 11) is 1.91. The molecule has 2 aromatic heterocycles. The van der Waals surface area contributed by atoms with Crippen LogP contribution in [0.1, 0.15) is 20.3 Å². The van der Waals surface area contributed by atoms with Crippen LogP contribution in [0.25, 0.3) is 22.3 Å². The third kappa shape index (κ3) is 3.03. The minimum Gasteiger partial charge on any atom is -0.465 e. The van der Waals surface area contributed by atoms with Gasteiger partial charge in [0.05, 0.1) is 6.61 Å². The molecule has 7 heteroatoms. The smallest absolute Gasteiger partial charge is 0.319 e. The van der Waals surface area contributed by atoms with Crippen molar-refractivity contribution in [3.8, 4) is 11.4 Å². The summed E-state index contributed by atoms with van der Waals surface area (Å²) < 4.78 is 7.04. The molecule has 0 aliphatic carbocycles. The van der Waals surface area contributed by atoms with Crippen molar-refractivity contribution in [1.29, 1.82) is 0 Å². The average molecular weight is 344 g/mol. The fourth-order valence-corrected chi connectivity index (χ4v) is 3.49. The highest BCUT2D eigenvalue weighted by Gasteiger charge is 2.23. The number of ether oxygens (including phenoxy) is 1. The van der Waals surface area contributed by atoms with Gasteiger partial charge in [0.15, 0.2) is 11.0 Å². The fraction of sp³-hybridized carbons (Fsp3) is 0.353. The van der Waals surface area contributed by atoms with Gasteiger partial charge in [-0.25, -0.2) is 0 Å². The molecule has 6 nitrogen and oxygen atoms in total. The predicted octanol–water partition coefficient (Wildman–Crippen LogP) is 3.40. The molecule has 2 heterocycles. The highest BCUT2D eigenvalue weighted by molar-refractivity contribution is 8.00. The lowest BCUT2D eigenvalue weighted by Gasteiger charge is -2.12. The first kappa shape index (κ1) is 16.6. The van der Waals surface area contributed by atoms with Crippen molar-refractivity contribution in [3.05, 3.63) is 30.5 Å². The van der Waals surface area contributed by atoms with Crippen LogP contribution in [0.4, 0.5) is 0 Å². The topological polar surface area (TPSA) is 72.8 Å². The number of para-hydroxylation sites is 1. The number of thioether (sulfide) groups is 1. The van der Waals surface area contributed by atoms with E-state index < -0.39 is 0 Å². The molecule has 1 N–H and O–H groups in total. The van der Waals surface area contributed by atoms with Gasteiger partial charge in [-0.2, -0.15) is 0 Å². The number of carbonyl (C=O) groups excluding carboxylic acids is 1. The molecule has 1 atom stereocenters. The zero-order chi connectivity index (χ0) is 17.1. The minimum atomic E-state index is -0.274. The van der Waals surface area contributed by atoms with Gasteiger partial charge in [-0.1, -0.05) is 36.9 Å². The average Bonchev–Trinajstić information content (AvgIpc) is 3.16. The van der Waals surface area contributed by atoms with Crippen molar-refractivity contribution in [1.82, 2.24) is 19.7 Å². The van der Waals surface area contributed by atoms with Crippen LogP contribution in [-0.2, 0) is 16.6 Å². The Morgan fingerprint density at radius 3 is 2.88 bits per heavy atom. The summed E-state index contributed by atoms with van der Waals surface area (Å²) in [5, 5.41) is 10.1. The highest BCUT2D eigenvalue weighted by Crippen LogP contribution is 2.31. The number of esters is 1. The molecule has 0 aliphatic rings. The molecular formula is C17H20N4O2S. The van der Waals surface area contributed by atoms with Gasteiger partial charge in [-0.05, 0) is 19.4 Å². The molecule has 1 aromatic carbocycles. The molecule has 0 amide bonds. The van der Waals surface area contributed by atoms with Crippen molar-refractivity contribution in [2.24, 2.45) is 7.05 Å². The predicted molar refractivity (Wildman–Crippen MR) is 94.9 cm³/mol. The second-order valence-electron chi connectivity index (χ2n) is 5.38. The van der Waals surface area contributed by atoms with Gasteiger partial charge in [0.1, 0.15) is 5.25 Å². The van der Waals surface area contributed by atoms with E-state index in [-0.39, 0.29) is 11.2 Å². The van der Waals surface area contributed by atoms with Crippen LogP contribution in [-0.4, -0.2) is 37.6 Å². The maximum atomic E-state index is 12.0. The number of fused-ring (bicyclic) bond motifs is 1. The van der Waals surface area contributed by atoms with Crippen molar-refractivity contribution in [2.45, 2.75) is 30.7 Å². The van der Waals surface area contributed by atoms with Gasteiger partial charge < -0.3 is 14.3 Å². The largest absolute Gasteiger partial charge is 0.465 e. The molecule has 3 rings (SSSR count). The van der Waals surface area contributed by atoms with E-state index in [4.69, 9.17) is 4.74 Å². The molecule has 0 saturated carbocycles. The summed E-state index contributed by atoms with van der Waals surface area (Å²) in [6, 6.07) is 8.07. The second kappa shape index (κ2) is 7.09. The molecule has 24 heavy (non-hydrogen) atoms. The Hall–Kier alpha value is -2.28. The molecule has 0 unspecified atom stereocenters. The summed E-state index contributed by atoms with van der Waals surface area (Å²) in [5.74, 6) is 0.565. The van der Waals surface area contributed by atoms with Crippen LogP contribution < -0.4 is 0 Å². The molecule has 126 valence electrons. The summed E-state index contributed by atoms with van der Waals surface area (Å²) in [6.45, 7) is 4.16. The number of hydrogen-bond donors (Lipinski definition) is 1. The first-order chi connectivity index (χ1) is 11.7. The molecule has 0 spiro atoms. The lowest BCUT2D eigenvalue weighted by atomic mass is 10.1. The van der Waals surface area contributed by atoms with E-state index in [9.17, 15) is 4.79 Å². The number of H-pyrrole nitrogens is 1. The maximum absolute atomic E-state index is 12.0. The van der Waals surface area contributed by atoms with Crippen LogP contribution in [0.5, 0.6) is 0 Å². The normalized spacial score (nSPS) is 12.5. The molecule has 0 fully saturated rings. The molecule has 0 bridgehead atoms. The number of nitrogens with zero attached hydrogens (tertiary/aromatic N) is 3. The van der Waals surface area contributed by atoms with Gasteiger partial charge in [0, 0.05) is 29.7 Å². The van der Waals surface area contributed by atoms with E-state index in [0.29, 0.717) is 18.2 Å². The Labute approximate surface area is 144 Å². The SMILES string of the molecule is CCOC(=O)[C@@H](CC)Sc1nnc(-c2c[nH]c3ccccc23)n1C. The molecule has 3 aromatic rings. The third-order valence-corrected chi connectivity index (χ3v) is 5.21. The third-order valence-electron chi connectivity index (χ3n) is 3.83. The number of aromatic nitrogens is 4. The summed E-state index contributed by atoms with van der Waals surface area (Å²) in [5.41, 5.74) is 2.05. The molecule has 0 aliphatic heterocycles. The summed E-state index contributed by atoms with van der Waals surface area (Å²) in [4.78, 5) is 15.2. The Balaban J connectivity index is 1.90. The zero-order valence-corrected chi connectivity index (χ0v) is 14.8.